The first kappa shape index (κ1) is 24.3. The Balaban J connectivity index is 1.32. The molecule has 9 heteroatoms. The Labute approximate surface area is 208 Å². The van der Waals surface area contributed by atoms with Crippen LogP contribution in [-0.4, -0.2) is 26.3 Å². The summed E-state index contributed by atoms with van der Waals surface area (Å²) in [5, 5.41) is 19.1. The van der Waals surface area contributed by atoms with Gasteiger partial charge >= 0.3 is 5.82 Å². The van der Waals surface area contributed by atoms with E-state index >= 15 is 0 Å². The largest absolute Gasteiger partial charge is 0.489 e. The van der Waals surface area contributed by atoms with Crippen LogP contribution >= 0.6 is 0 Å². The highest BCUT2D eigenvalue weighted by Gasteiger charge is 2.15. The lowest BCUT2D eigenvalue weighted by atomic mass is 10.1. The summed E-state index contributed by atoms with van der Waals surface area (Å²) in [5.74, 6) is 0.222. The zero-order valence-electron chi connectivity index (χ0n) is 19.9. The number of nitrogens with one attached hydrogen (secondary N) is 1. The van der Waals surface area contributed by atoms with Crippen LogP contribution in [0.1, 0.15) is 39.7 Å². The molecular formula is C27H25N5O4. The fraction of sp³-hybridized carbons (Fsp3) is 0.148. The van der Waals surface area contributed by atoms with Gasteiger partial charge < -0.3 is 14.9 Å². The third-order valence-corrected chi connectivity index (χ3v) is 5.55. The van der Waals surface area contributed by atoms with Crippen molar-refractivity contribution >= 4 is 17.4 Å². The minimum atomic E-state index is -0.520. The molecule has 0 bridgehead atoms. The normalized spacial score (nSPS) is 11.2. The predicted octanol–water partition coefficient (Wildman–Crippen LogP) is 4.88. The SMILES string of the molecule is C/C(=N\NC(=O)c1ccc(Cn2nc([N+](=O)[O-])cc2C)cc1)c1ccc(OCc2ccccc2)cc1. The van der Waals surface area contributed by atoms with E-state index in [1.807, 2.05) is 61.5 Å². The number of carbonyl (C=O) groups excluding carboxylic acids is 1. The maximum atomic E-state index is 12.5. The topological polar surface area (TPSA) is 112 Å². The second kappa shape index (κ2) is 11.1. The number of ether oxygens (including phenoxy) is 1. The molecule has 0 unspecified atom stereocenters. The van der Waals surface area contributed by atoms with Gasteiger partial charge in [-0.1, -0.05) is 42.5 Å². The van der Waals surface area contributed by atoms with Crippen LogP contribution in [0.15, 0.2) is 90.0 Å². The van der Waals surface area contributed by atoms with Gasteiger partial charge in [0.15, 0.2) is 0 Å². The zero-order valence-corrected chi connectivity index (χ0v) is 19.9. The minimum absolute atomic E-state index is 0.189. The lowest BCUT2D eigenvalue weighted by molar-refractivity contribution is -0.389. The first-order valence-electron chi connectivity index (χ1n) is 11.3. The van der Waals surface area contributed by atoms with Crippen molar-refractivity contribution in [3.8, 4) is 5.75 Å². The standard InChI is InChI=1S/C27H25N5O4/c1-19-16-26(32(34)35)30-31(19)17-21-8-10-24(11-9-21)27(33)29-28-20(2)23-12-14-25(15-13-23)36-18-22-6-4-3-5-7-22/h3-16H,17-18H2,1-2H3,(H,29,33)/b28-20+. The van der Waals surface area contributed by atoms with Crippen LogP contribution in [0.5, 0.6) is 5.75 Å². The lowest BCUT2D eigenvalue weighted by Crippen LogP contribution is -2.19. The van der Waals surface area contributed by atoms with E-state index in [1.165, 1.54) is 6.07 Å². The fourth-order valence-corrected chi connectivity index (χ4v) is 3.47. The molecule has 0 radical (unpaired) electrons. The van der Waals surface area contributed by atoms with Gasteiger partial charge in [0.2, 0.25) is 0 Å². The molecule has 9 nitrogen and oxygen atoms in total. The molecule has 0 saturated carbocycles. The summed E-state index contributed by atoms with van der Waals surface area (Å²) < 4.78 is 7.36. The van der Waals surface area contributed by atoms with Gasteiger partial charge in [0.1, 0.15) is 12.4 Å². The Morgan fingerprint density at radius 3 is 2.31 bits per heavy atom. The number of carbonyl (C=O) groups is 1. The van der Waals surface area contributed by atoms with E-state index in [4.69, 9.17) is 4.74 Å². The van der Waals surface area contributed by atoms with Crippen LogP contribution < -0.4 is 10.2 Å². The van der Waals surface area contributed by atoms with Crippen molar-refractivity contribution in [1.82, 2.24) is 15.2 Å². The van der Waals surface area contributed by atoms with Crippen molar-refractivity contribution in [2.24, 2.45) is 5.10 Å². The first-order chi connectivity index (χ1) is 17.4. The van der Waals surface area contributed by atoms with E-state index < -0.39 is 4.92 Å². The molecule has 36 heavy (non-hydrogen) atoms. The van der Waals surface area contributed by atoms with E-state index in [0.717, 1.165) is 22.4 Å². The maximum Gasteiger partial charge on any atom is 0.390 e. The number of aromatic nitrogens is 2. The summed E-state index contributed by atoms with van der Waals surface area (Å²) in [6.45, 7) is 4.43. The molecule has 1 N–H and O–H groups in total. The molecule has 3 aromatic carbocycles. The molecule has 4 rings (SSSR count). The molecule has 0 aliphatic heterocycles. The molecular weight excluding hydrogens is 458 g/mol. The molecule has 0 atom stereocenters. The summed E-state index contributed by atoms with van der Waals surface area (Å²) in [5.41, 5.74) is 7.19. The Kier molecular flexibility index (Phi) is 7.50. The van der Waals surface area contributed by atoms with Gasteiger partial charge in [-0.15, -0.1) is 0 Å². The second-order valence-corrected chi connectivity index (χ2v) is 8.19. The fourth-order valence-electron chi connectivity index (χ4n) is 3.47. The molecule has 182 valence electrons. The molecule has 0 aliphatic rings. The van der Waals surface area contributed by atoms with Crippen molar-refractivity contribution in [3.63, 3.8) is 0 Å². The number of hydrogen-bond acceptors (Lipinski definition) is 6. The van der Waals surface area contributed by atoms with E-state index in [-0.39, 0.29) is 11.7 Å². The molecule has 0 fully saturated rings. The van der Waals surface area contributed by atoms with E-state index in [1.54, 1.807) is 35.9 Å². The molecule has 4 aromatic rings. The second-order valence-electron chi connectivity index (χ2n) is 8.19. The first-order valence-corrected chi connectivity index (χ1v) is 11.3. The summed E-state index contributed by atoms with van der Waals surface area (Å²) >= 11 is 0. The summed E-state index contributed by atoms with van der Waals surface area (Å²) in [6.07, 6.45) is 0. The molecule has 1 aromatic heterocycles. The van der Waals surface area contributed by atoms with Crippen LogP contribution in [0.3, 0.4) is 0 Å². The number of nitro groups is 1. The van der Waals surface area contributed by atoms with Gasteiger partial charge in [0.05, 0.1) is 29.1 Å². The monoisotopic (exact) mass is 483 g/mol. The highest BCUT2D eigenvalue weighted by Crippen LogP contribution is 2.16. The van der Waals surface area contributed by atoms with Gasteiger partial charge in [0.25, 0.3) is 5.91 Å². The molecule has 0 spiro atoms. The summed E-state index contributed by atoms with van der Waals surface area (Å²) in [7, 11) is 0. The molecule has 0 aliphatic carbocycles. The van der Waals surface area contributed by atoms with E-state index in [0.29, 0.717) is 30.1 Å². The van der Waals surface area contributed by atoms with Gasteiger partial charge in [-0.3, -0.25) is 4.79 Å². The number of rotatable bonds is 9. The summed E-state index contributed by atoms with van der Waals surface area (Å²) in [4.78, 5) is 22.9. The van der Waals surface area contributed by atoms with Crippen molar-refractivity contribution in [3.05, 3.63) is 123 Å². The number of hydrazone groups is 1. The van der Waals surface area contributed by atoms with Crippen molar-refractivity contribution in [2.75, 3.05) is 0 Å². The van der Waals surface area contributed by atoms with Crippen LogP contribution in [0.25, 0.3) is 0 Å². The van der Waals surface area contributed by atoms with Gasteiger partial charge in [0, 0.05) is 5.56 Å². The van der Waals surface area contributed by atoms with Crippen molar-refractivity contribution in [1.29, 1.82) is 0 Å². The predicted molar refractivity (Wildman–Crippen MR) is 136 cm³/mol. The van der Waals surface area contributed by atoms with E-state index in [2.05, 4.69) is 15.6 Å². The Hall–Kier alpha value is -4.79. The third kappa shape index (κ3) is 6.20. The zero-order chi connectivity index (χ0) is 25.5. The number of nitrogens with zero attached hydrogens (tertiary/aromatic N) is 4. The van der Waals surface area contributed by atoms with Crippen LogP contribution in [-0.2, 0) is 13.2 Å². The quantitative estimate of drug-likeness (QED) is 0.207. The average Bonchev–Trinajstić information content (AvgIpc) is 3.27. The lowest BCUT2D eigenvalue weighted by Gasteiger charge is -2.08. The van der Waals surface area contributed by atoms with Crippen molar-refractivity contribution in [2.45, 2.75) is 27.0 Å². The van der Waals surface area contributed by atoms with Crippen LogP contribution in [0, 0.1) is 17.0 Å². The van der Waals surface area contributed by atoms with Gasteiger partial charge in [-0.2, -0.15) is 9.78 Å². The summed E-state index contributed by atoms with van der Waals surface area (Å²) in [6, 6.07) is 25.8. The molecule has 1 heterocycles. The minimum Gasteiger partial charge on any atom is -0.489 e. The number of benzene rings is 3. The van der Waals surface area contributed by atoms with Crippen LogP contribution in [0.2, 0.25) is 0 Å². The van der Waals surface area contributed by atoms with Gasteiger partial charge in [-0.05, 0) is 71.9 Å². The maximum absolute atomic E-state index is 12.5. The van der Waals surface area contributed by atoms with Gasteiger partial charge in [-0.25, -0.2) is 5.43 Å². The van der Waals surface area contributed by atoms with Crippen LogP contribution in [0.4, 0.5) is 5.82 Å². The number of amides is 1. The Morgan fingerprint density at radius 2 is 1.67 bits per heavy atom. The molecule has 1 amide bonds. The third-order valence-electron chi connectivity index (χ3n) is 5.55. The molecule has 0 saturated heterocycles. The Bertz CT molecular complexity index is 1380. The number of hydrogen-bond donors (Lipinski definition) is 1. The van der Waals surface area contributed by atoms with Crippen molar-refractivity contribution < 1.29 is 14.5 Å². The highest BCUT2D eigenvalue weighted by atomic mass is 16.6. The highest BCUT2D eigenvalue weighted by molar-refractivity contribution is 6.00. The average molecular weight is 484 g/mol. The smallest absolute Gasteiger partial charge is 0.390 e. The Morgan fingerprint density at radius 1 is 1.00 bits per heavy atom. The van der Waals surface area contributed by atoms with E-state index in [9.17, 15) is 14.9 Å². The number of aryl methyl sites for hydroxylation is 1.